The topological polar surface area (TPSA) is 96.6 Å². The van der Waals surface area contributed by atoms with Gasteiger partial charge < -0.3 is 20.5 Å². The van der Waals surface area contributed by atoms with Crippen molar-refractivity contribution in [2.45, 2.75) is 25.7 Å². The second kappa shape index (κ2) is 9.93. The van der Waals surface area contributed by atoms with Crippen molar-refractivity contribution in [1.82, 2.24) is 25.4 Å². The Balaban J connectivity index is 1.80. The van der Waals surface area contributed by atoms with Crippen molar-refractivity contribution in [2.75, 3.05) is 19.7 Å². The minimum absolute atomic E-state index is 0.0823. The average molecular weight is 400 g/mol. The predicted octanol–water partition coefficient (Wildman–Crippen LogP) is 1.33. The normalized spacial score (nSPS) is 13.3. The molecule has 11 heteroatoms. The van der Waals surface area contributed by atoms with Gasteiger partial charge in [-0.25, -0.2) is 9.98 Å². The zero-order chi connectivity index (χ0) is 20.6. The number of aromatic nitrogens is 3. The summed E-state index contributed by atoms with van der Waals surface area (Å²) in [5.74, 6) is 1.41. The van der Waals surface area contributed by atoms with E-state index in [-0.39, 0.29) is 18.9 Å². The number of halogens is 3. The molecule has 1 unspecified atom stereocenters. The second-order valence-electron chi connectivity index (χ2n) is 5.86. The van der Waals surface area contributed by atoms with E-state index in [9.17, 15) is 18.3 Å². The van der Waals surface area contributed by atoms with Crippen molar-refractivity contribution in [3.63, 3.8) is 0 Å². The standard InChI is InChI=1S/C17H23F3N6O2/c1-3-21-16(23-9-15-24-11-25-26(15)2)22-8-13(27)10-28-14-6-4-12(5-7-14)17(18,19)20/h4-7,11,13,27H,3,8-10H2,1-2H3,(H2,21,22,23). The molecule has 1 heterocycles. The van der Waals surface area contributed by atoms with Gasteiger partial charge in [0.2, 0.25) is 0 Å². The maximum atomic E-state index is 12.5. The Morgan fingerprint density at radius 1 is 1.29 bits per heavy atom. The molecule has 0 aliphatic rings. The number of aliphatic imine (C=N–C) groups is 1. The Labute approximate surface area is 160 Å². The summed E-state index contributed by atoms with van der Waals surface area (Å²) < 4.78 is 44.5. The quantitative estimate of drug-likeness (QED) is 0.457. The van der Waals surface area contributed by atoms with Gasteiger partial charge in [0.15, 0.2) is 5.96 Å². The molecule has 0 spiro atoms. The molecule has 154 valence electrons. The maximum absolute atomic E-state index is 12.5. The van der Waals surface area contributed by atoms with E-state index >= 15 is 0 Å². The molecule has 8 nitrogen and oxygen atoms in total. The van der Waals surface area contributed by atoms with E-state index in [2.05, 4.69) is 25.7 Å². The molecule has 0 bridgehead atoms. The molecule has 1 aromatic carbocycles. The van der Waals surface area contributed by atoms with E-state index in [0.717, 1.165) is 12.1 Å². The summed E-state index contributed by atoms with van der Waals surface area (Å²) in [5.41, 5.74) is -0.753. The third kappa shape index (κ3) is 6.72. The Kier molecular flexibility index (Phi) is 7.61. The smallest absolute Gasteiger partial charge is 0.416 e. The van der Waals surface area contributed by atoms with E-state index in [1.54, 1.807) is 11.7 Å². The van der Waals surface area contributed by atoms with Crippen LogP contribution in [0.4, 0.5) is 13.2 Å². The number of ether oxygens (including phenoxy) is 1. The molecule has 0 saturated heterocycles. The van der Waals surface area contributed by atoms with Gasteiger partial charge in [0.25, 0.3) is 0 Å². The van der Waals surface area contributed by atoms with Gasteiger partial charge in [-0.3, -0.25) is 4.68 Å². The van der Waals surface area contributed by atoms with Crippen molar-refractivity contribution in [2.24, 2.45) is 12.0 Å². The van der Waals surface area contributed by atoms with Gasteiger partial charge in [-0.1, -0.05) is 0 Å². The largest absolute Gasteiger partial charge is 0.491 e. The molecular formula is C17H23F3N6O2. The van der Waals surface area contributed by atoms with Crippen molar-refractivity contribution >= 4 is 5.96 Å². The maximum Gasteiger partial charge on any atom is 0.416 e. The van der Waals surface area contributed by atoms with Gasteiger partial charge in [-0.2, -0.15) is 18.3 Å². The van der Waals surface area contributed by atoms with Crippen molar-refractivity contribution in [3.05, 3.63) is 42.0 Å². The molecular weight excluding hydrogens is 377 g/mol. The number of alkyl halides is 3. The summed E-state index contributed by atoms with van der Waals surface area (Å²) in [7, 11) is 1.76. The van der Waals surface area contributed by atoms with Gasteiger partial charge >= 0.3 is 6.18 Å². The van der Waals surface area contributed by atoms with Gasteiger partial charge in [0, 0.05) is 20.1 Å². The van der Waals surface area contributed by atoms with E-state index in [1.807, 2.05) is 6.92 Å². The SMILES string of the molecule is CCNC(=NCc1ncnn1C)NCC(O)COc1ccc(C(F)(F)F)cc1. The predicted molar refractivity (Wildman–Crippen MR) is 96.8 cm³/mol. The molecule has 1 aromatic heterocycles. The number of aliphatic hydroxyl groups is 1. The van der Waals surface area contributed by atoms with E-state index < -0.39 is 17.8 Å². The van der Waals surface area contributed by atoms with E-state index in [1.165, 1.54) is 18.5 Å². The minimum atomic E-state index is -4.39. The van der Waals surface area contributed by atoms with Crippen LogP contribution in [0.1, 0.15) is 18.3 Å². The number of aryl methyl sites for hydroxylation is 1. The van der Waals surface area contributed by atoms with Crippen LogP contribution in [0.2, 0.25) is 0 Å². The van der Waals surface area contributed by atoms with Crippen LogP contribution in [0.15, 0.2) is 35.6 Å². The number of nitrogens with one attached hydrogen (secondary N) is 2. The molecule has 1 atom stereocenters. The van der Waals surface area contributed by atoms with Crippen LogP contribution in [0, 0.1) is 0 Å². The van der Waals surface area contributed by atoms with E-state index in [4.69, 9.17) is 4.74 Å². The summed E-state index contributed by atoms with van der Waals surface area (Å²) in [6, 6.07) is 4.30. The molecule has 2 rings (SSSR count). The molecule has 0 radical (unpaired) electrons. The Bertz CT molecular complexity index is 761. The third-order valence-corrected chi connectivity index (χ3v) is 3.66. The molecule has 0 aliphatic carbocycles. The number of nitrogens with zero attached hydrogens (tertiary/aromatic N) is 4. The lowest BCUT2D eigenvalue weighted by atomic mass is 10.2. The molecule has 0 saturated carbocycles. The highest BCUT2D eigenvalue weighted by atomic mass is 19.4. The number of rotatable bonds is 8. The number of hydrogen-bond donors (Lipinski definition) is 3. The first-order chi connectivity index (χ1) is 13.3. The van der Waals surface area contributed by atoms with Crippen LogP contribution in [0.5, 0.6) is 5.75 Å². The van der Waals surface area contributed by atoms with Crippen LogP contribution < -0.4 is 15.4 Å². The molecule has 0 fully saturated rings. The third-order valence-electron chi connectivity index (χ3n) is 3.66. The summed E-state index contributed by atoms with van der Waals surface area (Å²) in [5, 5.41) is 20.0. The van der Waals surface area contributed by atoms with E-state index in [0.29, 0.717) is 24.9 Å². The lowest BCUT2D eigenvalue weighted by Crippen LogP contribution is -2.42. The number of hydrogen-bond acceptors (Lipinski definition) is 5. The first-order valence-electron chi connectivity index (χ1n) is 8.62. The first kappa shape index (κ1) is 21.5. The molecule has 3 N–H and O–H groups in total. The fourth-order valence-corrected chi connectivity index (χ4v) is 2.16. The summed E-state index contributed by atoms with van der Waals surface area (Å²) in [6.45, 7) is 2.91. The minimum Gasteiger partial charge on any atom is -0.491 e. The lowest BCUT2D eigenvalue weighted by molar-refractivity contribution is -0.137. The highest BCUT2D eigenvalue weighted by molar-refractivity contribution is 5.79. The average Bonchev–Trinajstić information content (AvgIpc) is 3.07. The molecule has 0 amide bonds. The van der Waals surface area contributed by atoms with Crippen LogP contribution in [0.25, 0.3) is 0 Å². The Hall–Kier alpha value is -2.82. The lowest BCUT2D eigenvalue weighted by Gasteiger charge is -2.16. The Morgan fingerprint density at radius 3 is 2.57 bits per heavy atom. The Morgan fingerprint density at radius 2 is 2.00 bits per heavy atom. The highest BCUT2D eigenvalue weighted by Crippen LogP contribution is 2.30. The zero-order valence-electron chi connectivity index (χ0n) is 15.6. The molecule has 0 aliphatic heterocycles. The van der Waals surface area contributed by atoms with Crippen LogP contribution in [0.3, 0.4) is 0 Å². The highest BCUT2D eigenvalue weighted by Gasteiger charge is 2.30. The van der Waals surface area contributed by atoms with Crippen LogP contribution in [-0.2, 0) is 19.8 Å². The summed E-state index contributed by atoms with van der Waals surface area (Å²) >= 11 is 0. The van der Waals surface area contributed by atoms with Gasteiger partial charge in [-0.05, 0) is 31.2 Å². The second-order valence-corrected chi connectivity index (χ2v) is 5.86. The zero-order valence-corrected chi connectivity index (χ0v) is 15.6. The summed E-state index contributed by atoms with van der Waals surface area (Å²) in [4.78, 5) is 8.43. The van der Waals surface area contributed by atoms with Gasteiger partial charge in [0.05, 0.1) is 5.56 Å². The van der Waals surface area contributed by atoms with Crippen molar-refractivity contribution < 1.29 is 23.0 Å². The molecule has 2 aromatic rings. The van der Waals surface area contributed by atoms with Crippen molar-refractivity contribution in [3.8, 4) is 5.75 Å². The van der Waals surface area contributed by atoms with Crippen LogP contribution in [-0.4, -0.2) is 51.6 Å². The van der Waals surface area contributed by atoms with Crippen LogP contribution >= 0.6 is 0 Å². The number of guanidine groups is 1. The van der Waals surface area contributed by atoms with Crippen molar-refractivity contribution in [1.29, 1.82) is 0 Å². The monoisotopic (exact) mass is 400 g/mol. The number of aliphatic hydroxyl groups excluding tert-OH is 1. The summed E-state index contributed by atoms with van der Waals surface area (Å²) in [6.07, 6.45) is -3.84. The van der Waals surface area contributed by atoms with Gasteiger partial charge in [0.1, 0.15) is 37.2 Å². The van der Waals surface area contributed by atoms with Gasteiger partial charge in [-0.15, -0.1) is 0 Å². The fraction of sp³-hybridized carbons (Fsp3) is 0.471. The first-order valence-corrected chi connectivity index (χ1v) is 8.62. The number of benzene rings is 1. The molecule has 28 heavy (non-hydrogen) atoms. The fourth-order valence-electron chi connectivity index (χ4n) is 2.16.